The highest BCUT2D eigenvalue weighted by Crippen LogP contribution is 2.25. The van der Waals surface area contributed by atoms with Crippen molar-refractivity contribution in [2.75, 3.05) is 12.4 Å². The Morgan fingerprint density at radius 3 is 2.63 bits per heavy atom. The third kappa shape index (κ3) is 4.34. The normalized spacial score (nSPS) is 10.7. The number of anilines is 2. The number of methoxy groups -OCH3 is 1. The minimum absolute atomic E-state index is 0.110. The number of nitrogens with zero attached hydrogens (tertiary/aromatic N) is 4. The Morgan fingerprint density at radius 1 is 1.07 bits per heavy atom. The van der Waals surface area contributed by atoms with Gasteiger partial charge in [-0.1, -0.05) is 47.6 Å². The van der Waals surface area contributed by atoms with Crippen molar-refractivity contribution < 1.29 is 4.74 Å². The number of rotatable bonds is 7. The van der Waals surface area contributed by atoms with Gasteiger partial charge in [-0.25, -0.2) is 0 Å². The van der Waals surface area contributed by atoms with Crippen molar-refractivity contribution in [3.05, 3.63) is 94.0 Å². The van der Waals surface area contributed by atoms with Crippen LogP contribution < -0.4 is 15.6 Å². The highest BCUT2D eigenvalue weighted by atomic mass is 35.5. The number of nitrogens with one attached hydrogen (secondary N) is 1. The van der Waals surface area contributed by atoms with Gasteiger partial charge in [0.05, 0.1) is 7.11 Å². The minimum Gasteiger partial charge on any atom is -0.497 e. The second-order valence-corrected chi connectivity index (χ2v) is 7.60. The molecule has 0 aliphatic carbocycles. The largest absolute Gasteiger partial charge is 0.497 e. The van der Waals surface area contributed by atoms with Crippen LogP contribution in [0.1, 0.15) is 5.56 Å². The number of aromatic nitrogens is 4. The van der Waals surface area contributed by atoms with Crippen molar-refractivity contribution in [3.8, 4) is 5.75 Å². The van der Waals surface area contributed by atoms with Gasteiger partial charge in [0.15, 0.2) is 0 Å². The van der Waals surface area contributed by atoms with Crippen LogP contribution in [0.25, 0.3) is 0 Å². The summed E-state index contributed by atoms with van der Waals surface area (Å²) in [5.74, 6) is 1.34. The predicted octanol–water partition coefficient (Wildman–Crippen LogP) is 4.45. The minimum atomic E-state index is -0.328. The number of hydrogen-bond donors (Lipinski definition) is 1. The van der Waals surface area contributed by atoms with Gasteiger partial charge in [0.2, 0.25) is 11.0 Å². The number of hydrogen-bond acceptors (Lipinski definition) is 6. The standard InChI is InChI=1S/C21H18ClN5O2S/c1-29-17-9-6-8-16(13-17)23-19-20(28)27(26-11-4-5-12-26)21(25-24-19)30-14-15-7-2-3-10-18(15)22/h2-13H,14H2,1H3,(H,23,24). The fraction of sp³-hybridized carbons (Fsp3) is 0.0952. The monoisotopic (exact) mass is 439 g/mol. The molecule has 2 aromatic heterocycles. The molecule has 0 saturated carbocycles. The molecular weight excluding hydrogens is 422 g/mol. The van der Waals surface area contributed by atoms with E-state index in [0.29, 0.717) is 27.4 Å². The van der Waals surface area contributed by atoms with Crippen LogP contribution in [0.2, 0.25) is 5.02 Å². The third-order valence-electron chi connectivity index (χ3n) is 4.28. The van der Waals surface area contributed by atoms with Crippen molar-refractivity contribution in [3.63, 3.8) is 0 Å². The number of halogens is 1. The van der Waals surface area contributed by atoms with Crippen molar-refractivity contribution in [1.29, 1.82) is 0 Å². The van der Waals surface area contributed by atoms with Crippen molar-refractivity contribution in [2.24, 2.45) is 0 Å². The second kappa shape index (κ2) is 9.06. The van der Waals surface area contributed by atoms with Gasteiger partial charge < -0.3 is 10.1 Å². The number of benzene rings is 2. The van der Waals surface area contributed by atoms with Crippen LogP contribution in [0, 0.1) is 0 Å². The molecule has 0 amide bonds. The van der Waals surface area contributed by atoms with E-state index in [1.807, 2.05) is 54.6 Å². The smallest absolute Gasteiger partial charge is 0.316 e. The topological polar surface area (TPSA) is 74.0 Å². The Labute approximate surface area is 182 Å². The summed E-state index contributed by atoms with van der Waals surface area (Å²) in [5, 5.41) is 12.6. The predicted molar refractivity (Wildman–Crippen MR) is 119 cm³/mol. The fourth-order valence-electron chi connectivity index (χ4n) is 2.79. The van der Waals surface area contributed by atoms with Crippen molar-refractivity contribution >= 4 is 34.9 Å². The van der Waals surface area contributed by atoms with Crippen molar-refractivity contribution in [1.82, 2.24) is 19.5 Å². The lowest BCUT2D eigenvalue weighted by Crippen LogP contribution is -2.30. The van der Waals surface area contributed by atoms with Crippen LogP contribution in [0.3, 0.4) is 0 Å². The van der Waals surface area contributed by atoms with Crippen LogP contribution in [0.5, 0.6) is 5.75 Å². The van der Waals surface area contributed by atoms with Crippen LogP contribution >= 0.6 is 23.4 Å². The first-order chi connectivity index (χ1) is 14.7. The maximum atomic E-state index is 13.2. The van der Waals surface area contributed by atoms with Crippen LogP contribution in [-0.4, -0.2) is 26.7 Å². The van der Waals surface area contributed by atoms with Gasteiger partial charge >= 0.3 is 5.56 Å². The summed E-state index contributed by atoms with van der Waals surface area (Å²) in [5.41, 5.74) is 1.30. The zero-order chi connectivity index (χ0) is 20.9. The van der Waals surface area contributed by atoms with Gasteiger partial charge in [-0.15, -0.1) is 10.2 Å². The average molecular weight is 440 g/mol. The highest BCUT2D eigenvalue weighted by Gasteiger charge is 2.15. The second-order valence-electron chi connectivity index (χ2n) is 6.25. The molecule has 0 saturated heterocycles. The molecule has 2 aromatic carbocycles. The fourth-order valence-corrected chi connectivity index (χ4v) is 4.01. The molecule has 0 atom stereocenters. The van der Waals surface area contributed by atoms with E-state index in [9.17, 15) is 4.79 Å². The Morgan fingerprint density at radius 2 is 1.87 bits per heavy atom. The molecule has 0 bridgehead atoms. The van der Waals surface area contributed by atoms with Gasteiger partial charge in [-0.3, -0.25) is 9.47 Å². The molecule has 0 unspecified atom stereocenters. The van der Waals surface area contributed by atoms with E-state index >= 15 is 0 Å². The van der Waals surface area contributed by atoms with Gasteiger partial charge in [0.1, 0.15) is 5.75 Å². The van der Waals surface area contributed by atoms with E-state index in [1.54, 1.807) is 30.2 Å². The lowest BCUT2D eigenvalue weighted by atomic mass is 10.2. The maximum absolute atomic E-state index is 13.2. The molecule has 0 radical (unpaired) electrons. The van der Waals surface area contributed by atoms with Gasteiger partial charge in [0.25, 0.3) is 0 Å². The quantitative estimate of drug-likeness (QED) is 0.429. The zero-order valence-electron chi connectivity index (χ0n) is 16.0. The van der Waals surface area contributed by atoms with Gasteiger partial charge in [-0.2, -0.15) is 4.68 Å². The number of thioether (sulfide) groups is 1. The Hall–Kier alpha value is -3.23. The summed E-state index contributed by atoms with van der Waals surface area (Å²) in [6, 6.07) is 18.5. The molecule has 7 nitrogen and oxygen atoms in total. The first-order valence-corrected chi connectivity index (χ1v) is 10.4. The third-order valence-corrected chi connectivity index (χ3v) is 5.62. The van der Waals surface area contributed by atoms with E-state index in [2.05, 4.69) is 15.5 Å². The Balaban J connectivity index is 1.68. The zero-order valence-corrected chi connectivity index (χ0v) is 17.6. The van der Waals surface area contributed by atoms with Crippen LogP contribution in [0.15, 0.2) is 83.0 Å². The summed E-state index contributed by atoms with van der Waals surface area (Å²) in [4.78, 5) is 13.2. The summed E-state index contributed by atoms with van der Waals surface area (Å²) in [6.45, 7) is 0. The Bertz CT molecular complexity index is 1210. The van der Waals surface area contributed by atoms with Crippen molar-refractivity contribution in [2.45, 2.75) is 10.9 Å². The molecule has 2 heterocycles. The first-order valence-electron chi connectivity index (χ1n) is 9.06. The van der Waals surface area contributed by atoms with E-state index in [4.69, 9.17) is 16.3 Å². The molecule has 4 rings (SSSR count). The lowest BCUT2D eigenvalue weighted by Gasteiger charge is -2.14. The maximum Gasteiger partial charge on any atom is 0.316 e. The summed E-state index contributed by atoms with van der Waals surface area (Å²) in [7, 11) is 1.59. The highest BCUT2D eigenvalue weighted by molar-refractivity contribution is 7.98. The summed E-state index contributed by atoms with van der Waals surface area (Å²) < 4.78 is 8.37. The molecule has 0 fully saturated rings. The van der Waals surface area contributed by atoms with E-state index in [0.717, 1.165) is 5.56 Å². The molecular formula is C21H18ClN5O2S. The van der Waals surface area contributed by atoms with E-state index in [-0.39, 0.29) is 11.4 Å². The average Bonchev–Trinajstić information content (AvgIpc) is 3.29. The Kier molecular flexibility index (Phi) is 6.06. The van der Waals surface area contributed by atoms with E-state index in [1.165, 1.54) is 16.4 Å². The molecule has 0 aliphatic rings. The van der Waals surface area contributed by atoms with Gasteiger partial charge in [-0.05, 0) is 35.9 Å². The molecule has 9 heteroatoms. The van der Waals surface area contributed by atoms with Crippen LogP contribution in [0.4, 0.5) is 11.5 Å². The SMILES string of the molecule is COc1cccc(Nc2nnc(SCc3ccccc3Cl)n(-n3cccc3)c2=O)c1. The lowest BCUT2D eigenvalue weighted by molar-refractivity contribution is 0.415. The first kappa shape index (κ1) is 20.1. The molecule has 0 spiro atoms. The molecule has 152 valence electrons. The van der Waals surface area contributed by atoms with Gasteiger partial charge in [0, 0.05) is 34.9 Å². The van der Waals surface area contributed by atoms with E-state index < -0.39 is 0 Å². The molecule has 4 aromatic rings. The molecule has 30 heavy (non-hydrogen) atoms. The molecule has 0 aliphatic heterocycles. The van der Waals surface area contributed by atoms with Crippen LogP contribution in [-0.2, 0) is 5.75 Å². The summed E-state index contributed by atoms with van der Waals surface area (Å²) >= 11 is 7.64. The molecule has 1 N–H and O–H groups in total. The summed E-state index contributed by atoms with van der Waals surface area (Å²) in [6.07, 6.45) is 3.55. The number of ether oxygens (including phenoxy) is 1.